The lowest BCUT2D eigenvalue weighted by Gasteiger charge is -2.13. The van der Waals surface area contributed by atoms with Gasteiger partial charge in [-0.1, -0.05) is 18.2 Å². The normalized spacial score (nSPS) is 10.6. The summed E-state index contributed by atoms with van der Waals surface area (Å²) in [5, 5.41) is 9.86. The van der Waals surface area contributed by atoms with Crippen LogP contribution in [0, 0.1) is 13.8 Å². The van der Waals surface area contributed by atoms with E-state index in [4.69, 9.17) is 14.2 Å². The second-order valence-corrected chi connectivity index (χ2v) is 8.12. The Bertz CT molecular complexity index is 1260. The molecular formula is C28H32N4O5. The molecule has 37 heavy (non-hydrogen) atoms. The summed E-state index contributed by atoms with van der Waals surface area (Å²) in [5.74, 6) is 0.813. The number of carbonyl (C=O) groups excluding carboxylic acids is 2. The van der Waals surface area contributed by atoms with Crippen molar-refractivity contribution in [1.82, 2.24) is 5.43 Å². The van der Waals surface area contributed by atoms with Crippen molar-refractivity contribution in [2.24, 2.45) is 5.10 Å². The lowest BCUT2D eigenvalue weighted by molar-refractivity contribution is -0.119. The molecule has 9 heteroatoms. The van der Waals surface area contributed by atoms with Gasteiger partial charge in [0.05, 0.1) is 32.2 Å². The maximum Gasteiger partial charge on any atom is 0.262 e. The van der Waals surface area contributed by atoms with Crippen LogP contribution >= 0.6 is 0 Å². The van der Waals surface area contributed by atoms with Gasteiger partial charge in [0.2, 0.25) is 0 Å². The highest BCUT2D eigenvalue weighted by molar-refractivity contribution is 5.93. The average molecular weight is 505 g/mol. The molecule has 3 N–H and O–H groups in total. The molecule has 2 amide bonds. The van der Waals surface area contributed by atoms with Gasteiger partial charge in [-0.3, -0.25) is 9.59 Å². The number of methoxy groups -OCH3 is 1. The number of nitrogens with one attached hydrogen (secondary N) is 3. The molecule has 3 aromatic rings. The predicted octanol–water partition coefficient (Wildman–Crippen LogP) is 4.29. The molecule has 0 aliphatic heterocycles. The molecule has 9 nitrogen and oxygen atoms in total. The minimum Gasteiger partial charge on any atom is -0.495 e. The number of anilines is 2. The largest absolute Gasteiger partial charge is 0.495 e. The summed E-state index contributed by atoms with van der Waals surface area (Å²) < 4.78 is 16.6. The highest BCUT2D eigenvalue weighted by Gasteiger charge is 2.11. The molecule has 0 aliphatic rings. The van der Waals surface area contributed by atoms with Crippen molar-refractivity contribution in [2.45, 2.75) is 20.8 Å². The number of nitrogens with zero attached hydrogens (tertiary/aromatic N) is 1. The minimum absolute atomic E-state index is 0.0910. The van der Waals surface area contributed by atoms with Crippen molar-refractivity contribution in [3.05, 3.63) is 77.4 Å². The van der Waals surface area contributed by atoms with Gasteiger partial charge in [-0.15, -0.1) is 0 Å². The van der Waals surface area contributed by atoms with Crippen molar-refractivity contribution in [3.63, 3.8) is 0 Å². The standard InChI is InChI=1S/C28H32N4O5/c1-5-36-26-15-21(16-30-32-27(33)17-29-22-12-10-19(2)20(3)14-22)11-13-25(26)37-18-28(34)31-23-8-6-7-9-24(23)35-4/h6-16,29H,5,17-18H2,1-4H3,(H,31,34)(H,32,33)/b30-16-. The average Bonchev–Trinajstić information content (AvgIpc) is 2.89. The summed E-state index contributed by atoms with van der Waals surface area (Å²) in [6.45, 7) is 6.20. The quantitative estimate of drug-likeness (QED) is 0.251. The van der Waals surface area contributed by atoms with Crippen LogP contribution in [-0.2, 0) is 9.59 Å². The SMILES string of the molecule is CCOc1cc(/C=N\NC(=O)CNc2ccc(C)c(C)c2)ccc1OCC(=O)Nc1ccccc1OC. The van der Waals surface area contributed by atoms with Crippen molar-refractivity contribution < 1.29 is 23.8 Å². The highest BCUT2D eigenvalue weighted by Crippen LogP contribution is 2.28. The van der Waals surface area contributed by atoms with E-state index in [9.17, 15) is 9.59 Å². The van der Waals surface area contributed by atoms with Gasteiger partial charge in [-0.25, -0.2) is 5.43 Å². The number of para-hydroxylation sites is 2. The van der Waals surface area contributed by atoms with Gasteiger partial charge in [0.1, 0.15) is 5.75 Å². The molecule has 0 unspecified atom stereocenters. The van der Waals surface area contributed by atoms with Crippen LogP contribution < -0.4 is 30.3 Å². The Morgan fingerprint density at radius 2 is 1.70 bits per heavy atom. The lowest BCUT2D eigenvalue weighted by atomic mass is 10.1. The van der Waals surface area contributed by atoms with Crippen LogP contribution in [0.4, 0.5) is 11.4 Å². The second kappa shape index (κ2) is 13.5. The molecule has 0 atom stereocenters. The first-order chi connectivity index (χ1) is 17.9. The fraction of sp³-hybridized carbons (Fsp3) is 0.250. The summed E-state index contributed by atoms with van der Waals surface area (Å²) in [6, 6.07) is 18.2. The number of benzene rings is 3. The zero-order chi connectivity index (χ0) is 26.6. The summed E-state index contributed by atoms with van der Waals surface area (Å²) in [4.78, 5) is 24.5. The monoisotopic (exact) mass is 504 g/mol. The van der Waals surface area contributed by atoms with Crippen LogP contribution in [0.5, 0.6) is 17.2 Å². The minimum atomic E-state index is -0.338. The Balaban J connectivity index is 1.53. The van der Waals surface area contributed by atoms with E-state index in [2.05, 4.69) is 21.2 Å². The van der Waals surface area contributed by atoms with E-state index < -0.39 is 0 Å². The fourth-order valence-corrected chi connectivity index (χ4v) is 3.32. The topological polar surface area (TPSA) is 110 Å². The van der Waals surface area contributed by atoms with Gasteiger partial charge in [-0.05, 0) is 79.9 Å². The summed E-state index contributed by atoms with van der Waals surface area (Å²) in [5.41, 5.74) is 6.96. The molecule has 0 fully saturated rings. The Kier molecular flexibility index (Phi) is 9.90. The molecule has 0 saturated heterocycles. The van der Waals surface area contributed by atoms with Crippen molar-refractivity contribution in [3.8, 4) is 17.2 Å². The Labute approximate surface area is 216 Å². The summed E-state index contributed by atoms with van der Waals surface area (Å²) in [6.07, 6.45) is 1.51. The van der Waals surface area contributed by atoms with E-state index in [0.29, 0.717) is 35.1 Å². The summed E-state index contributed by atoms with van der Waals surface area (Å²) >= 11 is 0. The van der Waals surface area contributed by atoms with E-state index >= 15 is 0 Å². The van der Waals surface area contributed by atoms with Crippen molar-refractivity contribution in [2.75, 3.05) is 37.5 Å². The van der Waals surface area contributed by atoms with Gasteiger partial charge in [-0.2, -0.15) is 5.10 Å². The predicted molar refractivity (Wildman–Crippen MR) is 145 cm³/mol. The van der Waals surface area contributed by atoms with Gasteiger partial charge in [0.25, 0.3) is 11.8 Å². The number of carbonyl (C=O) groups is 2. The van der Waals surface area contributed by atoms with Crippen LogP contribution in [0.1, 0.15) is 23.6 Å². The Hall–Kier alpha value is -4.53. The summed E-state index contributed by atoms with van der Waals surface area (Å²) in [7, 11) is 1.54. The lowest BCUT2D eigenvalue weighted by Crippen LogP contribution is -2.25. The molecule has 0 aliphatic carbocycles. The molecule has 3 aromatic carbocycles. The van der Waals surface area contributed by atoms with Crippen LogP contribution in [0.2, 0.25) is 0 Å². The van der Waals surface area contributed by atoms with E-state index in [1.165, 1.54) is 18.9 Å². The number of ether oxygens (including phenoxy) is 3. The third kappa shape index (κ3) is 8.28. The fourth-order valence-electron chi connectivity index (χ4n) is 3.32. The Morgan fingerprint density at radius 1 is 0.892 bits per heavy atom. The van der Waals surface area contributed by atoms with E-state index in [0.717, 1.165) is 11.3 Å². The van der Waals surface area contributed by atoms with Crippen LogP contribution in [0.3, 0.4) is 0 Å². The first-order valence-corrected chi connectivity index (χ1v) is 11.8. The van der Waals surface area contributed by atoms with Gasteiger partial charge in [0.15, 0.2) is 18.1 Å². The van der Waals surface area contributed by atoms with Crippen LogP contribution in [-0.4, -0.2) is 44.9 Å². The number of hydrazone groups is 1. The maximum atomic E-state index is 12.4. The third-order valence-electron chi connectivity index (χ3n) is 5.37. The van der Waals surface area contributed by atoms with E-state index in [1.807, 2.05) is 45.0 Å². The number of aryl methyl sites for hydroxylation is 2. The Morgan fingerprint density at radius 3 is 2.46 bits per heavy atom. The molecule has 0 saturated carbocycles. The molecule has 194 valence electrons. The smallest absolute Gasteiger partial charge is 0.262 e. The van der Waals surface area contributed by atoms with E-state index in [-0.39, 0.29) is 25.0 Å². The van der Waals surface area contributed by atoms with Crippen LogP contribution in [0.25, 0.3) is 0 Å². The van der Waals surface area contributed by atoms with Crippen LogP contribution in [0.15, 0.2) is 65.8 Å². The highest BCUT2D eigenvalue weighted by atomic mass is 16.5. The molecule has 0 radical (unpaired) electrons. The second-order valence-electron chi connectivity index (χ2n) is 8.12. The number of amides is 2. The van der Waals surface area contributed by atoms with Crippen molar-refractivity contribution >= 4 is 29.4 Å². The maximum absolute atomic E-state index is 12.4. The zero-order valence-corrected chi connectivity index (χ0v) is 21.5. The molecule has 0 heterocycles. The number of rotatable bonds is 12. The molecule has 0 spiro atoms. The molecule has 0 aromatic heterocycles. The molecule has 3 rings (SSSR count). The number of hydrogen-bond donors (Lipinski definition) is 3. The first kappa shape index (κ1) is 27.1. The zero-order valence-electron chi connectivity index (χ0n) is 21.5. The number of hydrogen-bond acceptors (Lipinski definition) is 7. The first-order valence-electron chi connectivity index (χ1n) is 11.8. The molecular weight excluding hydrogens is 472 g/mol. The van der Waals surface area contributed by atoms with Gasteiger partial charge >= 0.3 is 0 Å². The molecule has 0 bridgehead atoms. The van der Waals surface area contributed by atoms with E-state index in [1.54, 1.807) is 36.4 Å². The van der Waals surface area contributed by atoms with Crippen molar-refractivity contribution in [1.29, 1.82) is 0 Å². The van der Waals surface area contributed by atoms with Gasteiger partial charge in [0, 0.05) is 5.69 Å². The third-order valence-corrected chi connectivity index (χ3v) is 5.37. The van der Waals surface area contributed by atoms with Gasteiger partial charge < -0.3 is 24.8 Å².